The normalized spacial score (nSPS) is 26.2. The topological polar surface area (TPSA) is 38.7 Å². The molecule has 9 heteroatoms. The first-order valence-electron chi connectivity index (χ1n) is 9.14. The molecule has 2 aromatic carbocycles. The van der Waals surface area contributed by atoms with Crippen molar-refractivity contribution in [2.45, 2.75) is 24.2 Å². The van der Waals surface area contributed by atoms with Gasteiger partial charge >= 0.3 is 6.18 Å². The minimum absolute atomic E-state index is 0.0248. The summed E-state index contributed by atoms with van der Waals surface area (Å²) in [4.78, 5) is 17.2. The molecule has 158 valence electrons. The van der Waals surface area contributed by atoms with E-state index in [2.05, 4.69) is 20.9 Å². The van der Waals surface area contributed by atoms with E-state index in [1.807, 2.05) is 0 Å². The molecular formula is C21H16BrF4NO2S. The molecule has 0 radical (unpaired) electrons. The van der Waals surface area contributed by atoms with Crippen LogP contribution < -0.4 is 0 Å². The number of nitrogens with zero attached hydrogens (tertiary/aromatic N) is 1. The van der Waals surface area contributed by atoms with Crippen LogP contribution >= 0.6 is 27.7 Å². The minimum Gasteiger partial charge on any atom is -0.365 e. The first-order chi connectivity index (χ1) is 14.2. The van der Waals surface area contributed by atoms with E-state index in [0.717, 1.165) is 11.8 Å². The fourth-order valence-electron chi connectivity index (χ4n) is 3.92. The number of alkyl halides is 3. The van der Waals surface area contributed by atoms with Crippen LogP contribution in [-0.4, -0.2) is 35.5 Å². The van der Waals surface area contributed by atoms with E-state index in [-0.39, 0.29) is 23.5 Å². The monoisotopic (exact) mass is 501 g/mol. The van der Waals surface area contributed by atoms with Crippen molar-refractivity contribution >= 4 is 38.5 Å². The first-order valence-corrected chi connectivity index (χ1v) is 10.9. The van der Waals surface area contributed by atoms with E-state index in [1.54, 1.807) is 30.3 Å². The van der Waals surface area contributed by atoms with Gasteiger partial charge in [-0.3, -0.25) is 9.79 Å². The van der Waals surface area contributed by atoms with E-state index in [4.69, 9.17) is 4.74 Å². The number of Topliss-reactive ketones (excluding diaryl/α,β-unsaturated/α-hetero) is 1. The molecule has 0 saturated carbocycles. The smallest absolute Gasteiger partial charge is 0.365 e. The van der Waals surface area contributed by atoms with Crippen LogP contribution in [0.3, 0.4) is 0 Å². The fourth-order valence-corrected chi connectivity index (χ4v) is 5.56. The van der Waals surface area contributed by atoms with Crippen LogP contribution in [0.25, 0.3) is 0 Å². The van der Waals surface area contributed by atoms with Crippen LogP contribution in [0.15, 0.2) is 58.0 Å². The number of carbonyl (C=O) groups is 1. The summed E-state index contributed by atoms with van der Waals surface area (Å²) >= 11 is 4.36. The SMILES string of the molecule is O=C(CC1=N[C@@]2(c3cc(Br)ccc3F)CO[C@H](C(F)(F)F)[C@H]2CS1)c1ccccc1. The van der Waals surface area contributed by atoms with Crippen LogP contribution in [0.4, 0.5) is 17.6 Å². The molecule has 2 aliphatic heterocycles. The summed E-state index contributed by atoms with van der Waals surface area (Å²) in [7, 11) is 0. The molecule has 0 spiro atoms. The molecule has 2 aliphatic rings. The quantitative estimate of drug-likeness (QED) is 0.393. The van der Waals surface area contributed by atoms with Gasteiger partial charge < -0.3 is 4.74 Å². The fraction of sp³-hybridized carbons (Fsp3) is 0.333. The lowest BCUT2D eigenvalue weighted by atomic mass is 9.78. The Morgan fingerprint density at radius 1 is 1.23 bits per heavy atom. The van der Waals surface area contributed by atoms with Crippen LogP contribution in [0.1, 0.15) is 22.3 Å². The molecule has 3 nitrogen and oxygen atoms in total. The van der Waals surface area contributed by atoms with Crippen molar-refractivity contribution in [3.05, 3.63) is 69.9 Å². The minimum atomic E-state index is -4.59. The third-order valence-corrected chi connectivity index (χ3v) is 6.93. The second-order valence-corrected chi connectivity index (χ2v) is 9.22. The zero-order valence-electron chi connectivity index (χ0n) is 15.5. The van der Waals surface area contributed by atoms with Crippen molar-refractivity contribution in [3.8, 4) is 0 Å². The number of hydrogen-bond acceptors (Lipinski definition) is 4. The third kappa shape index (κ3) is 3.94. The Hall–Kier alpha value is -1.71. The maximum Gasteiger partial charge on any atom is 0.415 e. The Morgan fingerprint density at radius 2 is 1.97 bits per heavy atom. The number of ketones is 1. The zero-order valence-corrected chi connectivity index (χ0v) is 17.9. The number of halogens is 5. The molecule has 30 heavy (non-hydrogen) atoms. The van der Waals surface area contributed by atoms with Gasteiger partial charge in [-0.25, -0.2) is 4.39 Å². The van der Waals surface area contributed by atoms with Gasteiger partial charge in [0.1, 0.15) is 11.4 Å². The van der Waals surface area contributed by atoms with Crippen LogP contribution in [0.5, 0.6) is 0 Å². The van der Waals surface area contributed by atoms with Gasteiger partial charge in [0.25, 0.3) is 0 Å². The maximum absolute atomic E-state index is 14.8. The molecule has 0 aliphatic carbocycles. The highest BCUT2D eigenvalue weighted by atomic mass is 79.9. The summed E-state index contributed by atoms with van der Waals surface area (Å²) in [5.74, 6) is -1.92. The Kier molecular flexibility index (Phi) is 5.80. The molecule has 2 heterocycles. The van der Waals surface area contributed by atoms with Crippen molar-refractivity contribution < 1.29 is 27.1 Å². The van der Waals surface area contributed by atoms with E-state index in [9.17, 15) is 22.4 Å². The van der Waals surface area contributed by atoms with E-state index < -0.39 is 36.2 Å². The lowest BCUT2D eigenvalue weighted by Gasteiger charge is -2.37. The Bertz CT molecular complexity index is 998. The highest BCUT2D eigenvalue weighted by molar-refractivity contribution is 9.10. The largest absolute Gasteiger partial charge is 0.415 e. The van der Waals surface area contributed by atoms with Crippen molar-refractivity contribution in [2.24, 2.45) is 10.9 Å². The van der Waals surface area contributed by atoms with Crippen LogP contribution in [0.2, 0.25) is 0 Å². The van der Waals surface area contributed by atoms with Crippen molar-refractivity contribution in [2.75, 3.05) is 12.4 Å². The molecular weight excluding hydrogens is 486 g/mol. The van der Waals surface area contributed by atoms with Gasteiger partial charge in [0.15, 0.2) is 11.9 Å². The molecule has 4 rings (SSSR count). The second kappa shape index (κ2) is 8.09. The molecule has 1 fully saturated rings. The molecule has 2 aromatic rings. The molecule has 0 amide bonds. The average Bonchev–Trinajstić information content (AvgIpc) is 3.10. The van der Waals surface area contributed by atoms with Gasteiger partial charge in [0.2, 0.25) is 0 Å². The molecule has 3 atom stereocenters. The average molecular weight is 502 g/mol. The summed E-state index contributed by atoms with van der Waals surface area (Å²) in [6, 6.07) is 12.7. The summed E-state index contributed by atoms with van der Waals surface area (Å²) in [5, 5.41) is 0.380. The predicted octanol–water partition coefficient (Wildman–Crippen LogP) is 5.78. The Balaban J connectivity index is 1.75. The Labute approximate surface area is 183 Å². The molecule has 0 aromatic heterocycles. The summed E-state index contributed by atoms with van der Waals surface area (Å²) in [5.41, 5.74) is -1.01. The lowest BCUT2D eigenvalue weighted by molar-refractivity contribution is -0.215. The van der Waals surface area contributed by atoms with E-state index in [0.29, 0.717) is 15.1 Å². The third-order valence-electron chi connectivity index (χ3n) is 5.34. The van der Waals surface area contributed by atoms with E-state index in [1.165, 1.54) is 18.2 Å². The number of thioether (sulfide) groups is 1. The van der Waals surface area contributed by atoms with Crippen molar-refractivity contribution in [1.82, 2.24) is 0 Å². The number of fused-ring (bicyclic) bond motifs is 1. The van der Waals surface area contributed by atoms with Gasteiger partial charge in [0.05, 0.1) is 18.1 Å². The van der Waals surface area contributed by atoms with Crippen molar-refractivity contribution in [3.63, 3.8) is 0 Å². The summed E-state index contributed by atoms with van der Waals surface area (Å²) in [6.45, 7) is -0.404. The molecule has 1 saturated heterocycles. The summed E-state index contributed by atoms with van der Waals surface area (Å²) < 4.78 is 61.2. The Morgan fingerprint density at radius 3 is 2.67 bits per heavy atom. The second-order valence-electron chi connectivity index (χ2n) is 7.21. The zero-order chi connectivity index (χ0) is 21.5. The van der Waals surface area contributed by atoms with Crippen LogP contribution in [-0.2, 0) is 10.3 Å². The lowest BCUT2D eigenvalue weighted by Crippen LogP contribution is -2.45. The van der Waals surface area contributed by atoms with Crippen molar-refractivity contribution in [1.29, 1.82) is 0 Å². The number of benzene rings is 2. The number of aliphatic imine (C=N–C) groups is 1. The van der Waals surface area contributed by atoms with Gasteiger partial charge in [0, 0.05) is 27.3 Å². The highest BCUT2D eigenvalue weighted by Crippen LogP contribution is 2.52. The number of hydrogen-bond donors (Lipinski definition) is 0. The van der Waals surface area contributed by atoms with Gasteiger partial charge in [-0.2, -0.15) is 13.2 Å². The van der Waals surface area contributed by atoms with Gasteiger partial charge in [-0.05, 0) is 18.2 Å². The molecule has 0 bridgehead atoms. The highest BCUT2D eigenvalue weighted by Gasteiger charge is 2.62. The molecule has 0 N–H and O–H groups in total. The summed E-state index contributed by atoms with van der Waals surface area (Å²) in [6.07, 6.45) is -6.70. The maximum atomic E-state index is 14.8. The first kappa shape index (κ1) is 21.5. The standard InChI is InChI=1S/C21H16BrF4NO2S/c22-13-6-7-16(23)14(8-13)20-11-29-19(21(24,25)26)15(20)10-30-18(27-20)9-17(28)12-4-2-1-3-5-12/h1-8,15,19H,9-11H2/t15-,19+,20-/m1/s1. The number of carbonyl (C=O) groups excluding carboxylic acids is 1. The number of ether oxygens (including phenoxy) is 1. The molecule has 0 unspecified atom stereocenters. The van der Waals surface area contributed by atoms with E-state index >= 15 is 0 Å². The van der Waals surface area contributed by atoms with Gasteiger partial charge in [-0.1, -0.05) is 46.3 Å². The number of rotatable bonds is 4. The van der Waals surface area contributed by atoms with Crippen LogP contribution in [0, 0.1) is 11.7 Å². The predicted molar refractivity (Wildman–Crippen MR) is 110 cm³/mol. The van der Waals surface area contributed by atoms with Gasteiger partial charge in [-0.15, -0.1) is 11.8 Å².